The number of nitrogens with one attached hydrogen (secondary N) is 1. The molecule has 112 valence electrons. The molecule has 2 saturated carbocycles. The third-order valence-corrected chi connectivity index (χ3v) is 5.59. The molecule has 0 saturated heterocycles. The van der Waals surface area contributed by atoms with E-state index in [0.29, 0.717) is 12.5 Å². The van der Waals surface area contributed by atoms with Crippen molar-refractivity contribution in [2.45, 2.75) is 76.0 Å². The Labute approximate surface area is 121 Å². The van der Waals surface area contributed by atoms with Crippen LogP contribution in [-0.2, 0) is 5.41 Å². The normalized spacial score (nSPS) is 32.4. The molecule has 2 aliphatic rings. The molecule has 3 rings (SSSR count). The molecule has 0 unspecified atom stereocenters. The van der Waals surface area contributed by atoms with Crippen LogP contribution in [0.2, 0.25) is 0 Å². The molecule has 3 N–H and O–H groups in total. The van der Waals surface area contributed by atoms with Crippen molar-refractivity contribution in [2.75, 3.05) is 6.54 Å². The zero-order valence-corrected chi connectivity index (χ0v) is 12.7. The van der Waals surface area contributed by atoms with Crippen LogP contribution in [0.1, 0.15) is 82.3 Å². The van der Waals surface area contributed by atoms with Crippen LogP contribution in [0.5, 0.6) is 0 Å². The molecule has 2 fully saturated rings. The second-order valence-electron chi connectivity index (χ2n) is 7.05. The van der Waals surface area contributed by atoms with Gasteiger partial charge < -0.3 is 5.73 Å². The van der Waals surface area contributed by atoms with E-state index in [2.05, 4.69) is 17.1 Å². The van der Waals surface area contributed by atoms with Crippen molar-refractivity contribution in [2.24, 2.45) is 11.7 Å². The van der Waals surface area contributed by atoms with Crippen LogP contribution in [0.4, 0.5) is 0 Å². The summed E-state index contributed by atoms with van der Waals surface area (Å²) in [4.78, 5) is 4.88. The minimum absolute atomic E-state index is 0.0376. The summed E-state index contributed by atoms with van der Waals surface area (Å²) in [5, 5.41) is 7.79. The van der Waals surface area contributed by atoms with Gasteiger partial charge in [0.05, 0.1) is 0 Å². The van der Waals surface area contributed by atoms with E-state index in [1.807, 2.05) is 0 Å². The molecule has 0 aliphatic heterocycles. The maximum Gasteiger partial charge on any atom is 0.158 e. The van der Waals surface area contributed by atoms with Crippen LogP contribution < -0.4 is 5.73 Å². The van der Waals surface area contributed by atoms with E-state index in [9.17, 15) is 0 Å². The summed E-state index contributed by atoms with van der Waals surface area (Å²) in [7, 11) is 0. The van der Waals surface area contributed by atoms with Crippen molar-refractivity contribution < 1.29 is 0 Å². The predicted octanol–water partition coefficient (Wildman–Crippen LogP) is 3.26. The van der Waals surface area contributed by atoms with E-state index < -0.39 is 0 Å². The van der Waals surface area contributed by atoms with Gasteiger partial charge in [-0.3, -0.25) is 5.10 Å². The minimum atomic E-state index is 0.0376. The number of nitrogens with zero attached hydrogens (tertiary/aromatic N) is 2. The number of aromatic nitrogens is 3. The Kier molecular flexibility index (Phi) is 4.11. The van der Waals surface area contributed by atoms with Crippen LogP contribution in [0.25, 0.3) is 0 Å². The van der Waals surface area contributed by atoms with Crippen LogP contribution >= 0.6 is 0 Å². The monoisotopic (exact) mass is 276 g/mol. The fraction of sp³-hybridized carbons (Fsp3) is 0.875. The SMILES string of the molecule is CC1CCC(CN)(c2n[nH]c(C3CCCCC3)n2)CC1. The van der Waals surface area contributed by atoms with Gasteiger partial charge in [-0.2, -0.15) is 5.10 Å². The highest BCUT2D eigenvalue weighted by Gasteiger charge is 2.38. The van der Waals surface area contributed by atoms with E-state index in [0.717, 1.165) is 30.4 Å². The van der Waals surface area contributed by atoms with Crippen molar-refractivity contribution in [3.63, 3.8) is 0 Å². The summed E-state index contributed by atoms with van der Waals surface area (Å²) < 4.78 is 0. The van der Waals surface area contributed by atoms with E-state index in [1.165, 1.54) is 44.9 Å². The van der Waals surface area contributed by atoms with Gasteiger partial charge in [-0.15, -0.1) is 0 Å². The summed E-state index contributed by atoms with van der Waals surface area (Å²) in [5.41, 5.74) is 6.15. The highest BCUT2D eigenvalue weighted by Crippen LogP contribution is 2.40. The summed E-state index contributed by atoms with van der Waals surface area (Å²) >= 11 is 0. The molecule has 20 heavy (non-hydrogen) atoms. The maximum atomic E-state index is 6.11. The van der Waals surface area contributed by atoms with Crippen molar-refractivity contribution in [3.05, 3.63) is 11.6 Å². The second-order valence-corrected chi connectivity index (χ2v) is 7.05. The van der Waals surface area contributed by atoms with Crippen LogP contribution in [-0.4, -0.2) is 21.7 Å². The standard InChI is InChI=1S/C16H28N4/c1-12-7-9-16(11-17,10-8-12)15-18-14(19-20-15)13-5-3-2-4-6-13/h12-13H,2-11,17H2,1H3,(H,18,19,20). The van der Waals surface area contributed by atoms with Crippen molar-refractivity contribution in [1.82, 2.24) is 15.2 Å². The molecular formula is C16H28N4. The zero-order chi connectivity index (χ0) is 14.0. The fourth-order valence-corrected chi connectivity index (χ4v) is 3.90. The molecule has 2 aliphatic carbocycles. The van der Waals surface area contributed by atoms with Crippen LogP contribution in [0, 0.1) is 5.92 Å². The van der Waals surface area contributed by atoms with Gasteiger partial charge in [-0.1, -0.05) is 26.2 Å². The number of rotatable bonds is 3. The van der Waals surface area contributed by atoms with Crippen LogP contribution in [0.15, 0.2) is 0 Å². The Morgan fingerprint density at radius 2 is 1.85 bits per heavy atom. The molecule has 0 bridgehead atoms. The van der Waals surface area contributed by atoms with Gasteiger partial charge in [0.15, 0.2) is 5.82 Å². The Morgan fingerprint density at radius 3 is 2.50 bits per heavy atom. The third-order valence-electron chi connectivity index (χ3n) is 5.59. The first-order valence-electron chi connectivity index (χ1n) is 8.36. The average molecular weight is 276 g/mol. The molecule has 0 atom stereocenters. The quantitative estimate of drug-likeness (QED) is 0.890. The highest BCUT2D eigenvalue weighted by molar-refractivity contribution is 5.12. The fourth-order valence-electron chi connectivity index (χ4n) is 3.90. The van der Waals surface area contributed by atoms with Gasteiger partial charge in [-0.25, -0.2) is 4.98 Å². The maximum absolute atomic E-state index is 6.11. The van der Waals surface area contributed by atoms with Gasteiger partial charge in [0.1, 0.15) is 5.82 Å². The molecule has 4 nitrogen and oxygen atoms in total. The zero-order valence-electron chi connectivity index (χ0n) is 12.7. The Hall–Kier alpha value is -0.900. The molecular weight excluding hydrogens is 248 g/mol. The van der Waals surface area contributed by atoms with Gasteiger partial charge in [-0.05, 0) is 44.4 Å². The minimum Gasteiger partial charge on any atom is -0.329 e. The molecule has 1 aromatic heterocycles. The van der Waals surface area contributed by atoms with Gasteiger partial charge in [0, 0.05) is 17.9 Å². The lowest BCUT2D eigenvalue weighted by atomic mass is 9.70. The average Bonchev–Trinajstić information content (AvgIpc) is 3.00. The molecule has 0 aromatic carbocycles. The second kappa shape index (κ2) is 5.84. The van der Waals surface area contributed by atoms with Crippen molar-refractivity contribution >= 4 is 0 Å². The molecule has 1 aromatic rings. The first-order valence-corrected chi connectivity index (χ1v) is 8.36. The van der Waals surface area contributed by atoms with Gasteiger partial charge in [0.2, 0.25) is 0 Å². The smallest absolute Gasteiger partial charge is 0.158 e. The third kappa shape index (κ3) is 2.62. The van der Waals surface area contributed by atoms with Gasteiger partial charge >= 0.3 is 0 Å². The first-order chi connectivity index (χ1) is 9.73. The largest absolute Gasteiger partial charge is 0.329 e. The molecule has 0 amide bonds. The number of hydrogen-bond acceptors (Lipinski definition) is 3. The number of hydrogen-bond donors (Lipinski definition) is 2. The number of nitrogens with two attached hydrogens (primary N) is 1. The Morgan fingerprint density at radius 1 is 1.15 bits per heavy atom. The summed E-state index contributed by atoms with van der Waals surface area (Å²) in [6, 6.07) is 0. The summed E-state index contributed by atoms with van der Waals surface area (Å²) in [6.07, 6.45) is 11.4. The van der Waals surface area contributed by atoms with E-state index in [1.54, 1.807) is 0 Å². The van der Waals surface area contributed by atoms with E-state index in [-0.39, 0.29) is 5.41 Å². The van der Waals surface area contributed by atoms with Crippen molar-refractivity contribution in [3.8, 4) is 0 Å². The molecule has 0 radical (unpaired) electrons. The lowest BCUT2D eigenvalue weighted by molar-refractivity contribution is 0.237. The van der Waals surface area contributed by atoms with Crippen LogP contribution in [0.3, 0.4) is 0 Å². The molecule has 0 spiro atoms. The number of aromatic amines is 1. The highest BCUT2D eigenvalue weighted by atomic mass is 15.2. The lowest BCUT2D eigenvalue weighted by Crippen LogP contribution is -2.39. The predicted molar refractivity (Wildman–Crippen MR) is 80.6 cm³/mol. The molecule has 4 heteroatoms. The van der Waals surface area contributed by atoms with Crippen molar-refractivity contribution in [1.29, 1.82) is 0 Å². The lowest BCUT2D eigenvalue weighted by Gasteiger charge is -2.36. The van der Waals surface area contributed by atoms with E-state index >= 15 is 0 Å². The molecule has 1 heterocycles. The summed E-state index contributed by atoms with van der Waals surface area (Å²) in [5.74, 6) is 3.53. The van der Waals surface area contributed by atoms with Gasteiger partial charge in [0.25, 0.3) is 0 Å². The topological polar surface area (TPSA) is 67.6 Å². The number of H-pyrrole nitrogens is 1. The Bertz CT molecular complexity index is 425. The van der Waals surface area contributed by atoms with E-state index in [4.69, 9.17) is 10.7 Å². The summed E-state index contributed by atoms with van der Waals surface area (Å²) in [6.45, 7) is 3.02. The Balaban J connectivity index is 1.77. The first kappa shape index (κ1) is 14.1.